The zero-order chi connectivity index (χ0) is 13.8. The monoisotopic (exact) mass is 286 g/mol. The molecule has 1 saturated heterocycles. The lowest BCUT2D eigenvalue weighted by molar-refractivity contribution is 0.402. The van der Waals surface area contributed by atoms with Crippen LogP contribution >= 0.6 is 11.6 Å². The minimum absolute atomic E-state index is 0.578. The molecule has 2 heterocycles. The standard InChI is InChI=1S/C17H19ClN2/c18-16-7-4-8-17(19-16)20-11-9-15(10-12-20)13-14-5-2-1-3-6-14/h1-8,15H,9-13H2. The van der Waals surface area contributed by atoms with Crippen LogP contribution in [-0.4, -0.2) is 18.1 Å². The molecule has 0 saturated carbocycles. The highest BCUT2D eigenvalue weighted by Crippen LogP contribution is 2.25. The molecule has 3 heteroatoms. The number of anilines is 1. The fourth-order valence-corrected chi connectivity index (χ4v) is 3.05. The van der Waals surface area contributed by atoms with Crippen LogP contribution in [0.4, 0.5) is 5.82 Å². The van der Waals surface area contributed by atoms with E-state index in [0.29, 0.717) is 5.15 Å². The van der Waals surface area contributed by atoms with Gasteiger partial charge >= 0.3 is 0 Å². The van der Waals surface area contributed by atoms with E-state index in [4.69, 9.17) is 11.6 Å². The normalized spacial score (nSPS) is 16.4. The predicted octanol–water partition coefficient (Wildman–Crippen LogP) is 4.19. The quantitative estimate of drug-likeness (QED) is 0.787. The zero-order valence-corrected chi connectivity index (χ0v) is 12.3. The van der Waals surface area contributed by atoms with Crippen LogP contribution in [0.15, 0.2) is 48.5 Å². The van der Waals surface area contributed by atoms with Crippen LogP contribution in [0, 0.1) is 5.92 Å². The Kier molecular flexibility index (Phi) is 4.22. The molecule has 1 fully saturated rings. The van der Waals surface area contributed by atoms with E-state index in [-0.39, 0.29) is 0 Å². The lowest BCUT2D eigenvalue weighted by atomic mass is 9.90. The highest BCUT2D eigenvalue weighted by atomic mass is 35.5. The highest BCUT2D eigenvalue weighted by molar-refractivity contribution is 6.29. The van der Waals surface area contributed by atoms with Crippen molar-refractivity contribution in [3.05, 3.63) is 59.2 Å². The van der Waals surface area contributed by atoms with Gasteiger partial charge in [-0.05, 0) is 42.9 Å². The van der Waals surface area contributed by atoms with Crippen LogP contribution in [0.25, 0.3) is 0 Å². The molecule has 0 aliphatic carbocycles. The van der Waals surface area contributed by atoms with Gasteiger partial charge in [0.25, 0.3) is 0 Å². The summed E-state index contributed by atoms with van der Waals surface area (Å²) < 4.78 is 0. The van der Waals surface area contributed by atoms with Gasteiger partial charge < -0.3 is 4.90 Å². The predicted molar refractivity (Wildman–Crippen MR) is 84.3 cm³/mol. The number of aromatic nitrogens is 1. The molecule has 0 N–H and O–H groups in total. The summed E-state index contributed by atoms with van der Waals surface area (Å²) in [6.07, 6.45) is 3.64. The van der Waals surface area contributed by atoms with Crippen LogP contribution in [0.1, 0.15) is 18.4 Å². The minimum atomic E-state index is 0.578. The van der Waals surface area contributed by atoms with Crippen molar-refractivity contribution in [3.8, 4) is 0 Å². The van der Waals surface area contributed by atoms with Gasteiger partial charge in [-0.1, -0.05) is 48.0 Å². The molecule has 0 atom stereocenters. The highest BCUT2D eigenvalue weighted by Gasteiger charge is 2.20. The van der Waals surface area contributed by atoms with Crippen molar-refractivity contribution in [1.29, 1.82) is 0 Å². The van der Waals surface area contributed by atoms with Crippen LogP contribution in [-0.2, 0) is 6.42 Å². The first-order valence-corrected chi connectivity index (χ1v) is 7.60. The summed E-state index contributed by atoms with van der Waals surface area (Å²) in [7, 11) is 0. The van der Waals surface area contributed by atoms with Gasteiger partial charge in [0.1, 0.15) is 11.0 Å². The van der Waals surface area contributed by atoms with Crippen molar-refractivity contribution < 1.29 is 0 Å². The van der Waals surface area contributed by atoms with Crippen molar-refractivity contribution in [1.82, 2.24) is 4.98 Å². The fourth-order valence-electron chi connectivity index (χ4n) is 2.89. The van der Waals surface area contributed by atoms with E-state index in [1.54, 1.807) is 0 Å². The molecule has 0 radical (unpaired) electrons. The van der Waals surface area contributed by atoms with Crippen molar-refractivity contribution >= 4 is 17.4 Å². The molecule has 1 aliphatic rings. The second kappa shape index (κ2) is 6.27. The van der Waals surface area contributed by atoms with Gasteiger partial charge in [0.2, 0.25) is 0 Å². The number of halogens is 1. The number of nitrogens with zero attached hydrogens (tertiary/aromatic N) is 2. The van der Waals surface area contributed by atoms with Crippen LogP contribution in [0.2, 0.25) is 5.15 Å². The Morgan fingerprint density at radius 3 is 2.45 bits per heavy atom. The smallest absolute Gasteiger partial charge is 0.131 e. The Labute approximate surface area is 125 Å². The van der Waals surface area contributed by atoms with Gasteiger partial charge in [0, 0.05) is 13.1 Å². The summed E-state index contributed by atoms with van der Waals surface area (Å²) >= 11 is 5.96. The van der Waals surface area contributed by atoms with Gasteiger partial charge in [-0.15, -0.1) is 0 Å². The second-order valence-corrected chi connectivity index (χ2v) is 5.83. The largest absolute Gasteiger partial charge is 0.357 e. The minimum Gasteiger partial charge on any atom is -0.357 e. The fraction of sp³-hybridized carbons (Fsp3) is 0.353. The molecule has 20 heavy (non-hydrogen) atoms. The first-order chi connectivity index (χ1) is 9.81. The van der Waals surface area contributed by atoms with Crippen molar-refractivity contribution in [2.75, 3.05) is 18.0 Å². The molecule has 104 valence electrons. The molecule has 1 aromatic heterocycles. The van der Waals surface area contributed by atoms with Crippen LogP contribution in [0.3, 0.4) is 0 Å². The van der Waals surface area contributed by atoms with E-state index < -0.39 is 0 Å². The van der Waals surface area contributed by atoms with E-state index >= 15 is 0 Å². The first kappa shape index (κ1) is 13.4. The summed E-state index contributed by atoms with van der Waals surface area (Å²) in [6.45, 7) is 2.15. The van der Waals surface area contributed by atoms with E-state index in [1.165, 1.54) is 24.8 Å². The van der Waals surface area contributed by atoms with Crippen LogP contribution in [0.5, 0.6) is 0 Å². The third-order valence-electron chi connectivity index (χ3n) is 4.01. The number of piperidine rings is 1. The van der Waals surface area contributed by atoms with Gasteiger partial charge in [0.15, 0.2) is 0 Å². The number of hydrogen-bond acceptors (Lipinski definition) is 2. The lowest BCUT2D eigenvalue weighted by Gasteiger charge is -2.33. The Hall–Kier alpha value is -1.54. The topological polar surface area (TPSA) is 16.1 Å². The van der Waals surface area contributed by atoms with E-state index in [9.17, 15) is 0 Å². The van der Waals surface area contributed by atoms with E-state index in [0.717, 1.165) is 24.8 Å². The molecule has 0 bridgehead atoms. The van der Waals surface area contributed by atoms with Gasteiger partial charge in [-0.2, -0.15) is 0 Å². The van der Waals surface area contributed by atoms with Crippen molar-refractivity contribution in [2.24, 2.45) is 5.92 Å². The maximum atomic E-state index is 5.96. The molecular weight excluding hydrogens is 268 g/mol. The second-order valence-electron chi connectivity index (χ2n) is 5.44. The summed E-state index contributed by atoms with van der Waals surface area (Å²) in [4.78, 5) is 6.74. The summed E-state index contributed by atoms with van der Waals surface area (Å²) in [6, 6.07) is 16.6. The van der Waals surface area contributed by atoms with Gasteiger partial charge in [0.05, 0.1) is 0 Å². The van der Waals surface area contributed by atoms with Gasteiger partial charge in [-0.25, -0.2) is 4.98 Å². The van der Waals surface area contributed by atoms with Crippen molar-refractivity contribution in [3.63, 3.8) is 0 Å². The number of benzene rings is 1. The zero-order valence-electron chi connectivity index (χ0n) is 11.5. The molecule has 1 aromatic carbocycles. The van der Waals surface area contributed by atoms with Crippen molar-refractivity contribution in [2.45, 2.75) is 19.3 Å². The third kappa shape index (κ3) is 3.31. The molecule has 1 aliphatic heterocycles. The first-order valence-electron chi connectivity index (χ1n) is 7.23. The van der Waals surface area contributed by atoms with E-state index in [2.05, 4.69) is 40.2 Å². The average Bonchev–Trinajstić information content (AvgIpc) is 2.49. The lowest BCUT2D eigenvalue weighted by Crippen LogP contribution is -2.34. The molecule has 0 unspecified atom stereocenters. The molecule has 2 aromatic rings. The summed E-state index contributed by atoms with van der Waals surface area (Å²) in [5.74, 6) is 1.79. The number of pyridine rings is 1. The maximum Gasteiger partial charge on any atom is 0.131 e. The number of rotatable bonds is 3. The Bertz CT molecular complexity index is 548. The van der Waals surface area contributed by atoms with Crippen LogP contribution < -0.4 is 4.90 Å². The molecule has 0 amide bonds. The molecule has 2 nitrogen and oxygen atoms in total. The Morgan fingerprint density at radius 1 is 1.00 bits per heavy atom. The summed E-state index contributed by atoms with van der Waals surface area (Å²) in [5.41, 5.74) is 1.45. The van der Waals surface area contributed by atoms with Gasteiger partial charge in [-0.3, -0.25) is 0 Å². The molecule has 3 rings (SSSR count). The maximum absolute atomic E-state index is 5.96. The van der Waals surface area contributed by atoms with E-state index in [1.807, 2.05) is 18.2 Å². The molecule has 0 spiro atoms. The SMILES string of the molecule is Clc1cccc(N2CCC(Cc3ccccc3)CC2)n1. The molecular formula is C17H19ClN2. The Balaban J connectivity index is 1.57. The average molecular weight is 287 g/mol. The summed E-state index contributed by atoms with van der Waals surface area (Å²) in [5, 5.41) is 0.578. The Morgan fingerprint density at radius 2 is 1.75 bits per heavy atom. The number of hydrogen-bond donors (Lipinski definition) is 0. The third-order valence-corrected chi connectivity index (χ3v) is 4.22.